The van der Waals surface area contributed by atoms with Gasteiger partial charge in [0.05, 0.1) is 0 Å². The average Bonchev–Trinajstić information content (AvgIpc) is 2.11. The third kappa shape index (κ3) is 4.46. The van der Waals surface area contributed by atoms with Crippen molar-refractivity contribution in [3.63, 3.8) is 0 Å². The molecule has 78 valence electrons. The van der Waals surface area contributed by atoms with Gasteiger partial charge in [0, 0.05) is 17.8 Å². The Morgan fingerprint density at radius 3 is 1.85 bits per heavy atom. The molecule has 0 unspecified atom stereocenters. The average molecular weight is 208 g/mol. The maximum atomic E-state index is 10.7. The molecule has 13 heavy (non-hydrogen) atoms. The summed E-state index contributed by atoms with van der Waals surface area (Å²) in [5.74, 6) is 0. The Balaban J connectivity index is 4.08. The highest BCUT2D eigenvalue weighted by Crippen LogP contribution is 2.29. The van der Waals surface area contributed by atoms with Crippen LogP contribution >= 0.6 is 11.6 Å². The Morgan fingerprint density at radius 1 is 1.23 bits per heavy atom. The molecule has 0 saturated carbocycles. The molecule has 4 heteroatoms. The first-order chi connectivity index (χ1) is 6.06. The second kappa shape index (κ2) is 6.19. The van der Waals surface area contributed by atoms with E-state index >= 15 is 0 Å². The number of nitro groups is 1. The molecule has 0 radical (unpaired) electrons. The van der Waals surface area contributed by atoms with E-state index in [1.54, 1.807) is 0 Å². The SMILES string of the molecule is CCCCC(Cl)(CCCC)[N+](=O)[O-]. The number of halogens is 1. The molecule has 0 aromatic heterocycles. The van der Waals surface area contributed by atoms with Gasteiger partial charge in [-0.05, 0) is 24.4 Å². The lowest BCUT2D eigenvalue weighted by Gasteiger charge is -2.17. The van der Waals surface area contributed by atoms with E-state index in [1.165, 1.54) is 0 Å². The molecule has 0 saturated heterocycles. The summed E-state index contributed by atoms with van der Waals surface area (Å²) in [6.07, 6.45) is 4.53. The molecule has 0 amide bonds. The molecule has 0 atom stereocenters. The minimum absolute atomic E-state index is 0.333. The summed E-state index contributed by atoms with van der Waals surface area (Å²) >= 11 is 5.93. The van der Waals surface area contributed by atoms with Gasteiger partial charge in [0.15, 0.2) is 0 Å². The fraction of sp³-hybridized carbons (Fsp3) is 1.00. The number of alkyl halides is 1. The molecule has 0 fully saturated rings. The van der Waals surface area contributed by atoms with Gasteiger partial charge in [-0.25, -0.2) is 0 Å². The van der Waals surface area contributed by atoms with Gasteiger partial charge in [-0.1, -0.05) is 26.7 Å². The predicted octanol–water partition coefficient (Wildman–Crippen LogP) is 3.58. The molecular weight excluding hydrogens is 190 g/mol. The van der Waals surface area contributed by atoms with Crippen LogP contribution in [0.4, 0.5) is 0 Å². The monoisotopic (exact) mass is 207 g/mol. The maximum absolute atomic E-state index is 10.7. The van der Waals surface area contributed by atoms with Gasteiger partial charge >= 0.3 is 0 Å². The van der Waals surface area contributed by atoms with Crippen molar-refractivity contribution < 1.29 is 4.92 Å². The molecule has 0 aromatic rings. The van der Waals surface area contributed by atoms with E-state index in [2.05, 4.69) is 0 Å². The fourth-order valence-corrected chi connectivity index (χ4v) is 1.47. The van der Waals surface area contributed by atoms with Crippen molar-refractivity contribution in [2.45, 2.75) is 57.4 Å². The topological polar surface area (TPSA) is 43.1 Å². The van der Waals surface area contributed by atoms with Crippen LogP contribution in [0.2, 0.25) is 0 Å². The van der Waals surface area contributed by atoms with Crippen LogP contribution in [0.1, 0.15) is 52.4 Å². The van der Waals surface area contributed by atoms with Crippen molar-refractivity contribution in [3.8, 4) is 0 Å². The highest BCUT2D eigenvalue weighted by Gasteiger charge is 2.38. The van der Waals surface area contributed by atoms with Crippen molar-refractivity contribution in [3.05, 3.63) is 10.1 Å². The summed E-state index contributed by atoms with van der Waals surface area (Å²) in [6.45, 7) is 4.02. The summed E-state index contributed by atoms with van der Waals surface area (Å²) in [5, 5.41) is 10.7. The molecule has 0 aliphatic carbocycles. The first-order valence-electron chi connectivity index (χ1n) is 4.90. The smallest absolute Gasteiger partial charge is 0.263 e. The minimum Gasteiger partial charge on any atom is -0.263 e. The highest BCUT2D eigenvalue weighted by atomic mass is 35.5. The molecule has 0 aliphatic heterocycles. The quantitative estimate of drug-likeness (QED) is 0.277. The molecule has 0 rings (SSSR count). The zero-order valence-electron chi connectivity index (χ0n) is 8.38. The first kappa shape index (κ1) is 12.7. The van der Waals surface area contributed by atoms with Gasteiger partial charge in [-0.15, -0.1) is 0 Å². The Morgan fingerprint density at radius 2 is 1.62 bits per heavy atom. The Bertz CT molecular complexity index is 154. The van der Waals surface area contributed by atoms with Crippen LogP contribution in [0.5, 0.6) is 0 Å². The number of hydrogen-bond donors (Lipinski definition) is 0. The molecule has 0 aromatic carbocycles. The van der Waals surface area contributed by atoms with Crippen LogP contribution in [0.3, 0.4) is 0 Å². The van der Waals surface area contributed by atoms with Crippen molar-refractivity contribution in [2.75, 3.05) is 0 Å². The Hall–Kier alpha value is -0.310. The summed E-state index contributed by atoms with van der Waals surface area (Å²) < 4.78 is 0. The van der Waals surface area contributed by atoms with E-state index in [-0.39, 0.29) is 4.92 Å². The number of nitrogens with zero attached hydrogens (tertiary/aromatic N) is 1. The summed E-state index contributed by atoms with van der Waals surface area (Å²) in [6, 6.07) is 0. The lowest BCUT2D eigenvalue weighted by atomic mass is 10.0. The zero-order chi connectivity index (χ0) is 10.3. The van der Waals surface area contributed by atoms with Crippen LogP contribution < -0.4 is 0 Å². The Labute approximate surface area is 84.6 Å². The number of unbranched alkanes of at least 4 members (excludes halogenated alkanes) is 2. The van der Waals surface area contributed by atoms with Gasteiger partial charge in [0.25, 0.3) is 5.00 Å². The zero-order valence-corrected chi connectivity index (χ0v) is 9.14. The lowest BCUT2D eigenvalue weighted by Crippen LogP contribution is -2.31. The van der Waals surface area contributed by atoms with E-state index < -0.39 is 5.00 Å². The fourth-order valence-electron chi connectivity index (χ4n) is 1.20. The van der Waals surface area contributed by atoms with E-state index in [4.69, 9.17) is 11.6 Å². The third-order valence-corrected chi connectivity index (χ3v) is 2.67. The highest BCUT2D eigenvalue weighted by molar-refractivity contribution is 6.22. The van der Waals surface area contributed by atoms with Gasteiger partial charge in [-0.2, -0.15) is 0 Å². The second-order valence-corrected chi connectivity index (χ2v) is 4.09. The number of rotatable bonds is 7. The van der Waals surface area contributed by atoms with E-state index in [0.717, 1.165) is 25.7 Å². The third-order valence-electron chi connectivity index (χ3n) is 2.15. The predicted molar refractivity (Wildman–Crippen MR) is 54.6 cm³/mol. The van der Waals surface area contributed by atoms with Crippen molar-refractivity contribution >= 4 is 11.6 Å². The molecule has 0 spiro atoms. The van der Waals surface area contributed by atoms with Crippen molar-refractivity contribution in [1.82, 2.24) is 0 Å². The maximum Gasteiger partial charge on any atom is 0.294 e. The molecule has 3 nitrogen and oxygen atoms in total. The Kier molecular flexibility index (Phi) is 6.04. The molecule has 0 bridgehead atoms. The minimum atomic E-state index is -1.20. The molecule has 0 aliphatic rings. The van der Waals surface area contributed by atoms with E-state index in [9.17, 15) is 10.1 Å². The van der Waals surface area contributed by atoms with Crippen molar-refractivity contribution in [2.24, 2.45) is 0 Å². The second-order valence-electron chi connectivity index (χ2n) is 3.38. The van der Waals surface area contributed by atoms with Crippen LogP contribution in [0, 0.1) is 10.1 Å². The summed E-state index contributed by atoms with van der Waals surface area (Å²) in [7, 11) is 0. The van der Waals surface area contributed by atoms with E-state index in [0.29, 0.717) is 12.8 Å². The largest absolute Gasteiger partial charge is 0.294 e. The van der Waals surface area contributed by atoms with Crippen LogP contribution in [0.25, 0.3) is 0 Å². The standard InChI is InChI=1S/C9H18ClNO2/c1-3-5-7-9(10,11(12)13)8-6-4-2/h3-8H2,1-2H3. The van der Waals surface area contributed by atoms with Gasteiger partial charge in [0.2, 0.25) is 0 Å². The molecule has 0 N–H and O–H groups in total. The van der Waals surface area contributed by atoms with E-state index in [1.807, 2.05) is 13.8 Å². The van der Waals surface area contributed by atoms with Gasteiger partial charge in [0.1, 0.15) is 0 Å². The van der Waals surface area contributed by atoms with Crippen molar-refractivity contribution in [1.29, 1.82) is 0 Å². The lowest BCUT2D eigenvalue weighted by molar-refractivity contribution is -0.544. The summed E-state index contributed by atoms with van der Waals surface area (Å²) in [5.41, 5.74) is 0. The summed E-state index contributed by atoms with van der Waals surface area (Å²) in [4.78, 5) is 9.17. The van der Waals surface area contributed by atoms with Crippen LogP contribution in [-0.4, -0.2) is 9.92 Å². The normalized spacial score (nSPS) is 11.6. The number of hydrogen-bond acceptors (Lipinski definition) is 2. The molecular formula is C9H18ClNO2. The van der Waals surface area contributed by atoms with Gasteiger partial charge < -0.3 is 0 Å². The van der Waals surface area contributed by atoms with Crippen LogP contribution in [-0.2, 0) is 0 Å². The van der Waals surface area contributed by atoms with Crippen LogP contribution in [0.15, 0.2) is 0 Å². The molecule has 0 heterocycles. The first-order valence-corrected chi connectivity index (χ1v) is 5.28. The van der Waals surface area contributed by atoms with Gasteiger partial charge in [-0.3, -0.25) is 10.1 Å².